The Hall–Kier alpha value is -1.45. The van der Waals surface area contributed by atoms with Crippen LogP contribution in [0.25, 0.3) is 0 Å². The fourth-order valence-electron chi connectivity index (χ4n) is 1.80. The number of rotatable bonds is 7. The molecule has 0 aliphatic heterocycles. The molecule has 0 saturated heterocycles. The minimum atomic E-state index is -0.773. The summed E-state index contributed by atoms with van der Waals surface area (Å²) < 4.78 is 0. The van der Waals surface area contributed by atoms with Crippen LogP contribution in [0.2, 0.25) is 0 Å². The number of hydrogen-bond donors (Lipinski definition) is 1. The Morgan fingerprint density at radius 3 is 2.75 bits per heavy atom. The van der Waals surface area contributed by atoms with Gasteiger partial charge in [-0.1, -0.05) is 12.8 Å². The summed E-state index contributed by atoms with van der Waals surface area (Å²) in [7, 11) is 1.67. The van der Waals surface area contributed by atoms with Gasteiger partial charge in [0.25, 0.3) is 0 Å². The van der Waals surface area contributed by atoms with Crippen LogP contribution in [0.4, 0.5) is 0 Å². The number of aliphatic carboxylic acids is 1. The minimum absolute atomic E-state index is 0.0131. The molecule has 4 heteroatoms. The van der Waals surface area contributed by atoms with Crippen molar-refractivity contribution >= 4 is 18.9 Å². The van der Waals surface area contributed by atoms with E-state index in [4.69, 9.17) is 5.11 Å². The predicted molar refractivity (Wildman–Crippen MR) is 65.1 cm³/mol. The van der Waals surface area contributed by atoms with Gasteiger partial charge < -0.3 is 5.11 Å². The molecule has 1 atom stereocenters. The molecular weight excluding hydrogens is 204 g/mol. The van der Waals surface area contributed by atoms with Crippen molar-refractivity contribution in [3.05, 3.63) is 11.8 Å². The maximum Gasteiger partial charge on any atom is 0.303 e. The third-order valence-corrected chi connectivity index (χ3v) is 2.73. The second-order valence-electron chi connectivity index (χ2n) is 4.17. The molecule has 0 heterocycles. The molecule has 1 N–H and O–H groups in total. The molecule has 1 fully saturated rings. The van der Waals surface area contributed by atoms with E-state index < -0.39 is 5.97 Å². The molecule has 1 aliphatic rings. The first-order valence-electron chi connectivity index (χ1n) is 5.47. The second kappa shape index (κ2) is 6.20. The lowest BCUT2D eigenvalue weighted by atomic mass is 9.91. The number of aliphatic imine (C=N–C) groups is 2. The summed E-state index contributed by atoms with van der Waals surface area (Å²) in [5.41, 5.74) is 0.867. The average molecular weight is 222 g/mol. The first-order chi connectivity index (χ1) is 7.67. The largest absolute Gasteiger partial charge is 0.481 e. The Bertz CT molecular complexity index is 317. The van der Waals surface area contributed by atoms with Crippen molar-refractivity contribution in [2.75, 3.05) is 7.05 Å². The summed E-state index contributed by atoms with van der Waals surface area (Å²) in [5, 5.41) is 8.88. The number of nitrogens with zero attached hydrogens (tertiary/aromatic N) is 2. The summed E-state index contributed by atoms with van der Waals surface area (Å²) in [6.07, 6.45) is 6.79. The van der Waals surface area contributed by atoms with Crippen LogP contribution in [0.15, 0.2) is 21.8 Å². The maximum absolute atomic E-state index is 10.8. The zero-order chi connectivity index (χ0) is 12.0. The molecule has 1 aliphatic carbocycles. The van der Waals surface area contributed by atoms with Crippen LogP contribution >= 0.6 is 0 Å². The van der Waals surface area contributed by atoms with Gasteiger partial charge in [-0.05, 0) is 30.5 Å². The Morgan fingerprint density at radius 2 is 2.31 bits per heavy atom. The van der Waals surface area contributed by atoms with E-state index in [0.717, 1.165) is 12.0 Å². The van der Waals surface area contributed by atoms with Gasteiger partial charge in [-0.3, -0.25) is 14.8 Å². The van der Waals surface area contributed by atoms with Crippen molar-refractivity contribution in [2.24, 2.45) is 21.8 Å². The molecule has 88 valence electrons. The van der Waals surface area contributed by atoms with Gasteiger partial charge in [0.05, 0.1) is 6.42 Å². The standard InChI is InChI=1S/C12H18N2O2/c1-13-7-11(8-14-2)10(6-12(15)16)5-9-3-4-9/h7-10H,1,3-6H2,2H3,(H,15,16)/b11-7+,14-8-/t10-/m1/s1. The molecule has 0 bridgehead atoms. The minimum Gasteiger partial charge on any atom is -0.481 e. The molecule has 0 aromatic carbocycles. The van der Waals surface area contributed by atoms with Crippen molar-refractivity contribution in [3.8, 4) is 0 Å². The van der Waals surface area contributed by atoms with Crippen LogP contribution in [0.1, 0.15) is 25.7 Å². The van der Waals surface area contributed by atoms with Crippen LogP contribution in [0.5, 0.6) is 0 Å². The fourth-order valence-corrected chi connectivity index (χ4v) is 1.80. The zero-order valence-corrected chi connectivity index (χ0v) is 9.59. The quantitative estimate of drug-likeness (QED) is 0.671. The van der Waals surface area contributed by atoms with Gasteiger partial charge in [0.2, 0.25) is 0 Å². The molecule has 4 nitrogen and oxygen atoms in total. The van der Waals surface area contributed by atoms with Gasteiger partial charge in [-0.15, -0.1) is 0 Å². The highest BCUT2D eigenvalue weighted by Gasteiger charge is 2.28. The number of hydrogen-bond acceptors (Lipinski definition) is 3. The van der Waals surface area contributed by atoms with Gasteiger partial charge in [0.15, 0.2) is 0 Å². The fraction of sp³-hybridized carbons (Fsp3) is 0.583. The molecule has 0 unspecified atom stereocenters. The lowest BCUT2D eigenvalue weighted by Gasteiger charge is -2.14. The van der Waals surface area contributed by atoms with Crippen LogP contribution in [-0.4, -0.2) is 31.1 Å². The van der Waals surface area contributed by atoms with Gasteiger partial charge in [0.1, 0.15) is 0 Å². The van der Waals surface area contributed by atoms with Crippen LogP contribution < -0.4 is 0 Å². The first-order valence-corrected chi connectivity index (χ1v) is 5.47. The summed E-state index contributed by atoms with van der Waals surface area (Å²) in [6.45, 7) is 3.40. The van der Waals surface area contributed by atoms with Crippen molar-refractivity contribution in [1.82, 2.24) is 0 Å². The van der Waals surface area contributed by atoms with Gasteiger partial charge in [-0.25, -0.2) is 0 Å². The van der Waals surface area contributed by atoms with E-state index >= 15 is 0 Å². The lowest BCUT2D eigenvalue weighted by molar-refractivity contribution is -0.137. The predicted octanol–water partition coefficient (Wildman–Crippen LogP) is 2.16. The summed E-state index contributed by atoms with van der Waals surface area (Å²) >= 11 is 0. The highest BCUT2D eigenvalue weighted by Crippen LogP contribution is 2.38. The van der Waals surface area contributed by atoms with Gasteiger partial charge in [0, 0.05) is 19.5 Å². The number of carboxylic acids is 1. The molecule has 16 heavy (non-hydrogen) atoms. The first kappa shape index (κ1) is 12.6. The lowest BCUT2D eigenvalue weighted by Crippen LogP contribution is -2.12. The van der Waals surface area contributed by atoms with Crippen molar-refractivity contribution in [1.29, 1.82) is 0 Å². The molecule has 0 amide bonds. The number of carboxylic acid groups (broad SMARTS) is 1. The highest BCUT2D eigenvalue weighted by molar-refractivity contribution is 5.81. The molecular formula is C12H18N2O2. The monoisotopic (exact) mass is 222 g/mol. The molecule has 0 aromatic rings. The third-order valence-electron chi connectivity index (χ3n) is 2.73. The van der Waals surface area contributed by atoms with Gasteiger partial charge in [-0.2, -0.15) is 0 Å². The van der Waals surface area contributed by atoms with E-state index in [1.807, 2.05) is 0 Å². The maximum atomic E-state index is 10.8. The molecule has 1 rings (SSSR count). The number of allylic oxidation sites excluding steroid dienone is 1. The number of carbonyl (C=O) groups is 1. The van der Waals surface area contributed by atoms with E-state index in [0.29, 0.717) is 5.92 Å². The van der Waals surface area contributed by atoms with Crippen LogP contribution in [0, 0.1) is 11.8 Å². The Morgan fingerprint density at radius 1 is 1.62 bits per heavy atom. The molecule has 1 saturated carbocycles. The topological polar surface area (TPSA) is 62.0 Å². The normalized spacial score (nSPS) is 18.7. The highest BCUT2D eigenvalue weighted by atomic mass is 16.4. The molecule has 0 spiro atoms. The van der Waals surface area contributed by atoms with E-state index in [1.54, 1.807) is 19.5 Å². The smallest absolute Gasteiger partial charge is 0.303 e. The summed E-state index contributed by atoms with van der Waals surface area (Å²) in [4.78, 5) is 18.5. The van der Waals surface area contributed by atoms with E-state index in [9.17, 15) is 4.79 Å². The molecule has 0 aromatic heterocycles. The third kappa shape index (κ3) is 4.38. The Labute approximate surface area is 95.8 Å². The van der Waals surface area contributed by atoms with E-state index in [1.165, 1.54) is 12.8 Å². The Balaban J connectivity index is 2.72. The SMILES string of the molecule is C=N/C=C(\C=N/C)[C@@H](CC(=O)O)CC1CC1. The summed E-state index contributed by atoms with van der Waals surface area (Å²) in [6, 6.07) is 0. The second-order valence-corrected chi connectivity index (χ2v) is 4.17. The zero-order valence-electron chi connectivity index (χ0n) is 9.59. The van der Waals surface area contributed by atoms with Crippen LogP contribution in [0.3, 0.4) is 0 Å². The molecule has 0 radical (unpaired) electrons. The van der Waals surface area contributed by atoms with E-state index in [-0.39, 0.29) is 12.3 Å². The average Bonchev–Trinajstić information content (AvgIpc) is 3.00. The van der Waals surface area contributed by atoms with Crippen molar-refractivity contribution in [3.63, 3.8) is 0 Å². The van der Waals surface area contributed by atoms with Gasteiger partial charge >= 0.3 is 5.97 Å². The summed E-state index contributed by atoms with van der Waals surface area (Å²) in [5.74, 6) is -0.0767. The van der Waals surface area contributed by atoms with E-state index in [2.05, 4.69) is 16.7 Å². The Kier molecular flexibility index (Phi) is 4.89. The van der Waals surface area contributed by atoms with Crippen LogP contribution in [-0.2, 0) is 4.79 Å². The van der Waals surface area contributed by atoms with Crippen molar-refractivity contribution < 1.29 is 9.90 Å². The van der Waals surface area contributed by atoms with Crippen molar-refractivity contribution in [2.45, 2.75) is 25.7 Å².